The first-order valence-corrected chi connectivity index (χ1v) is 11.5. The summed E-state index contributed by atoms with van der Waals surface area (Å²) in [5.41, 5.74) is 3.00. The highest BCUT2D eigenvalue weighted by Gasteiger charge is 2.30. The van der Waals surface area contributed by atoms with Gasteiger partial charge in [-0.2, -0.15) is 0 Å². The molecule has 0 aromatic heterocycles. The topological polar surface area (TPSA) is 58.6 Å². The van der Waals surface area contributed by atoms with Crippen molar-refractivity contribution in [3.8, 4) is 5.75 Å². The van der Waals surface area contributed by atoms with E-state index in [0.29, 0.717) is 32.4 Å². The molecule has 0 heterocycles. The van der Waals surface area contributed by atoms with Gasteiger partial charge in [-0.05, 0) is 65.2 Å². The highest BCUT2D eigenvalue weighted by Crippen LogP contribution is 2.17. The first-order valence-electron chi connectivity index (χ1n) is 11.5. The fourth-order valence-corrected chi connectivity index (χ4v) is 3.45. The van der Waals surface area contributed by atoms with E-state index < -0.39 is 6.04 Å². The molecule has 1 unspecified atom stereocenters. The minimum atomic E-state index is -0.513. The van der Waals surface area contributed by atoms with Crippen molar-refractivity contribution in [1.29, 1.82) is 0 Å². The lowest BCUT2D eigenvalue weighted by Gasteiger charge is -2.33. The van der Waals surface area contributed by atoms with E-state index in [1.807, 2.05) is 90.1 Å². The lowest BCUT2D eigenvalue weighted by atomic mass is 10.0. The molecule has 0 aliphatic carbocycles. The standard InChI is InChI=1S/C27H38N2O3/c1-7-24(26(31)28-27(4,5)6)29(19-22-14-10-20(2)11-15-22)25(30)9-8-18-32-23-16-12-21(3)13-17-23/h10-17,24H,7-9,18-19H2,1-6H3,(H,28,31). The molecule has 5 heteroatoms. The van der Waals surface area contributed by atoms with Crippen molar-refractivity contribution in [1.82, 2.24) is 10.2 Å². The maximum Gasteiger partial charge on any atom is 0.243 e. The van der Waals surface area contributed by atoms with Crippen LogP contribution in [-0.4, -0.2) is 34.9 Å². The number of hydrogen-bond acceptors (Lipinski definition) is 3. The number of rotatable bonds is 10. The van der Waals surface area contributed by atoms with Gasteiger partial charge < -0.3 is 15.0 Å². The minimum absolute atomic E-state index is 0.0333. The van der Waals surface area contributed by atoms with Crippen molar-refractivity contribution in [3.63, 3.8) is 0 Å². The molecular formula is C27H38N2O3. The van der Waals surface area contributed by atoms with Gasteiger partial charge in [-0.1, -0.05) is 54.4 Å². The number of benzene rings is 2. The Bertz CT molecular complexity index is 867. The summed E-state index contributed by atoms with van der Waals surface area (Å²) >= 11 is 0. The molecule has 32 heavy (non-hydrogen) atoms. The maximum atomic E-state index is 13.2. The first-order chi connectivity index (χ1) is 15.1. The second kappa shape index (κ2) is 11.7. The van der Waals surface area contributed by atoms with E-state index >= 15 is 0 Å². The lowest BCUT2D eigenvalue weighted by Crippen LogP contribution is -2.53. The van der Waals surface area contributed by atoms with Crippen molar-refractivity contribution >= 4 is 11.8 Å². The monoisotopic (exact) mass is 438 g/mol. The Morgan fingerprint density at radius 1 is 0.969 bits per heavy atom. The van der Waals surface area contributed by atoms with Gasteiger partial charge in [0.05, 0.1) is 6.61 Å². The van der Waals surface area contributed by atoms with Gasteiger partial charge in [0, 0.05) is 18.5 Å². The molecular weight excluding hydrogens is 400 g/mol. The van der Waals surface area contributed by atoms with Crippen LogP contribution in [0.3, 0.4) is 0 Å². The van der Waals surface area contributed by atoms with Crippen LogP contribution < -0.4 is 10.1 Å². The number of ether oxygens (including phenoxy) is 1. The van der Waals surface area contributed by atoms with Crippen LogP contribution in [0.15, 0.2) is 48.5 Å². The number of aryl methyl sites for hydroxylation is 2. The highest BCUT2D eigenvalue weighted by molar-refractivity contribution is 5.88. The van der Waals surface area contributed by atoms with Gasteiger partial charge >= 0.3 is 0 Å². The van der Waals surface area contributed by atoms with E-state index in [9.17, 15) is 9.59 Å². The molecule has 0 saturated carbocycles. The van der Waals surface area contributed by atoms with Gasteiger partial charge in [-0.15, -0.1) is 0 Å². The molecule has 5 nitrogen and oxygen atoms in total. The fraction of sp³-hybridized carbons (Fsp3) is 0.481. The third kappa shape index (κ3) is 8.37. The molecule has 0 aliphatic heterocycles. The minimum Gasteiger partial charge on any atom is -0.494 e. The Balaban J connectivity index is 2.07. The van der Waals surface area contributed by atoms with Crippen molar-refractivity contribution in [2.75, 3.05) is 6.61 Å². The SMILES string of the molecule is CCC(C(=O)NC(C)(C)C)N(Cc1ccc(C)cc1)C(=O)CCCOc1ccc(C)cc1. The number of carbonyl (C=O) groups is 2. The number of amides is 2. The molecule has 2 aromatic rings. The third-order valence-corrected chi connectivity index (χ3v) is 5.18. The predicted molar refractivity (Wildman–Crippen MR) is 130 cm³/mol. The van der Waals surface area contributed by atoms with Crippen molar-refractivity contribution in [2.24, 2.45) is 0 Å². The molecule has 1 atom stereocenters. The van der Waals surface area contributed by atoms with E-state index in [-0.39, 0.29) is 17.4 Å². The molecule has 0 bridgehead atoms. The fourth-order valence-electron chi connectivity index (χ4n) is 3.45. The van der Waals surface area contributed by atoms with Crippen LogP contribution in [0.2, 0.25) is 0 Å². The van der Waals surface area contributed by atoms with Crippen LogP contribution in [0.25, 0.3) is 0 Å². The Hall–Kier alpha value is -2.82. The van der Waals surface area contributed by atoms with Gasteiger partial charge in [0.15, 0.2) is 0 Å². The molecule has 0 fully saturated rings. The zero-order valence-corrected chi connectivity index (χ0v) is 20.4. The largest absolute Gasteiger partial charge is 0.494 e. The summed E-state index contributed by atoms with van der Waals surface area (Å²) in [6, 6.07) is 15.5. The number of carbonyl (C=O) groups excluding carboxylic acids is 2. The number of nitrogens with one attached hydrogen (secondary N) is 1. The summed E-state index contributed by atoms with van der Waals surface area (Å²) in [5.74, 6) is 0.654. The van der Waals surface area contributed by atoms with E-state index in [1.165, 1.54) is 5.56 Å². The maximum absolute atomic E-state index is 13.2. The van der Waals surface area contributed by atoms with Gasteiger partial charge in [0.25, 0.3) is 0 Å². The Morgan fingerprint density at radius 2 is 1.53 bits per heavy atom. The van der Waals surface area contributed by atoms with Gasteiger partial charge in [0.2, 0.25) is 11.8 Å². The molecule has 2 rings (SSSR count). The van der Waals surface area contributed by atoms with E-state index in [4.69, 9.17) is 4.74 Å². The predicted octanol–water partition coefficient (Wildman–Crippen LogP) is 5.18. The molecule has 0 spiro atoms. The molecule has 174 valence electrons. The molecule has 2 amide bonds. The average molecular weight is 439 g/mol. The van der Waals surface area contributed by atoms with Gasteiger partial charge in [-0.25, -0.2) is 0 Å². The molecule has 0 saturated heterocycles. The summed E-state index contributed by atoms with van der Waals surface area (Å²) < 4.78 is 5.77. The lowest BCUT2D eigenvalue weighted by molar-refractivity contribution is -0.142. The summed E-state index contributed by atoms with van der Waals surface area (Å²) in [4.78, 5) is 27.9. The van der Waals surface area contributed by atoms with Crippen LogP contribution in [-0.2, 0) is 16.1 Å². The van der Waals surface area contributed by atoms with Gasteiger partial charge in [0.1, 0.15) is 11.8 Å². The Labute approximate surface area is 193 Å². The highest BCUT2D eigenvalue weighted by atomic mass is 16.5. The molecule has 2 aromatic carbocycles. The summed E-state index contributed by atoms with van der Waals surface area (Å²) in [5, 5.41) is 3.04. The van der Waals surface area contributed by atoms with E-state index in [2.05, 4.69) is 5.32 Å². The van der Waals surface area contributed by atoms with Crippen molar-refractivity contribution in [3.05, 3.63) is 65.2 Å². The Morgan fingerprint density at radius 3 is 2.06 bits per heavy atom. The molecule has 0 aliphatic rings. The number of nitrogens with zero attached hydrogens (tertiary/aromatic N) is 1. The van der Waals surface area contributed by atoms with E-state index in [1.54, 1.807) is 4.90 Å². The average Bonchev–Trinajstić information content (AvgIpc) is 2.72. The van der Waals surface area contributed by atoms with Crippen LogP contribution in [0.1, 0.15) is 63.6 Å². The number of hydrogen-bond donors (Lipinski definition) is 1. The summed E-state index contributed by atoms with van der Waals surface area (Å²) in [7, 11) is 0. The second-order valence-electron chi connectivity index (χ2n) is 9.44. The summed E-state index contributed by atoms with van der Waals surface area (Å²) in [6.45, 7) is 12.7. The van der Waals surface area contributed by atoms with Crippen LogP contribution in [0.5, 0.6) is 5.75 Å². The summed E-state index contributed by atoms with van der Waals surface area (Å²) in [6.07, 6.45) is 1.48. The Kier molecular flexibility index (Phi) is 9.30. The third-order valence-electron chi connectivity index (χ3n) is 5.18. The second-order valence-corrected chi connectivity index (χ2v) is 9.44. The van der Waals surface area contributed by atoms with Gasteiger partial charge in [-0.3, -0.25) is 9.59 Å². The van der Waals surface area contributed by atoms with Crippen LogP contribution >= 0.6 is 0 Å². The van der Waals surface area contributed by atoms with Crippen LogP contribution in [0.4, 0.5) is 0 Å². The van der Waals surface area contributed by atoms with E-state index in [0.717, 1.165) is 16.9 Å². The molecule has 1 N–H and O–H groups in total. The van der Waals surface area contributed by atoms with Crippen molar-refractivity contribution < 1.29 is 14.3 Å². The van der Waals surface area contributed by atoms with Crippen molar-refractivity contribution in [2.45, 2.75) is 78.9 Å². The first kappa shape index (κ1) is 25.4. The zero-order chi connectivity index (χ0) is 23.7. The normalized spacial score (nSPS) is 12.2. The van der Waals surface area contributed by atoms with Crippen LogP contribution in [0, 0.1) is 13.8 Å². The molecule has 0 radical (unpaired) electrons. The quantitative estimate of drug-likeness (QED) is 0.520. The smallest absolute Gasteiger partial charge is 0.243 e. The zero-order valence-electron chi connectivity index (χ0n) is 20.4.